The summed E-state index contributed by atoms with van der Waals surface area (Å²) in [5, 5.41) is 0. The Balaban J connectivity index is 1.70. The molecule has 2 saturated heterocycles. The maximum Gasteiger partial charge on any atom is 0.494 e. The second-order valence-electron chi connectivity index (χ2n) is 7.81. The number of benzene rings is 1. The highest BCUT2D eigenvalue weighted by molar-refractivity contribution is 6.62. The molecule has 2 fully saturated rings. The van der Waals surface area contributed by atoms with E-state index >= 15 is 0 Å². The zero-order valence-electron chi connectivity index (χ0n) is 14.5. The van der Waals surface area contributed by atoms with Gasteiger partial charge in [0, 0.05) is 12.0 Å². The first-order valence-corrected chi connectivity index (χ1v) is 8.60. The van der Waals surface area contributed by atoms with Gasteiger partial charge in [0.15, 0.2) is 5.79 Å². The second kappa shape index (κ2) is 5.06. The molecule has 4 rings (SSSR count). The molecule has 23 heavy (non-hydrogen) atoms. The SMILES string of the molecule is CC1(C)OB(c2ccc3c(c2)C2(CCC3)OCCO2)OC1(C)C. The second-order valence-corrected chi connectivity index (χ2v) is 7.81. The summed E-state index contributed by atoms with van der Waals surface area (Å²) in [7, 11) is -0.342. The highest BCUT2D eigenvalue weighted by atomic mass is 16.7. The fraction of sp³-hybridized carbons (Fsp3) is 0.667. The third-order valence-corrected chi connectivity index (χ3v) is 5.78. The predicted octanol–water partition coefficient (Wildman–Crippen LogP) is 2.52. The van der Waals surface area contributed by atoms with Crippen LogP contribution in [0.2, 0.25) is 0 Å². The van der Waals surface area contributed by atoms with Gasteiger partial charge < -0.3 is 18.8 Å². The largest absolute Gasteiger partial charge is 0.494 e. The van der Waals surface area contributed by atoms with Gasteiger partial charge in [-0.05, 0) is 51.6 Å². The Hall–Kier alpha value is -0.875. The summed E-state index contributed by atoms with van der Waals surface area (Å²) in [6.07, 6.45) is 3.10. The summed E-state index contributed by atoms with van der Waals surface area (Å²) in [6, 6.07) is 6.47. The summed E-state index contributed by atoms with van der Waals surface area (Å²) in [5.41, 5.74) is 2.87. The van der Waals surface area contributed by atoms with Crippen molar-refractivity contribution in [3.63, 3.8) is 0 Å². The minimum absolute atomic E-state index is 0.328. The average Bonchev–Trinajstić information content (AvgIpc) is 3.03. The Bertz CT molecular complexity index is 603. The first-order valence-electron chi connectivity index (χ1n) is 8.60. The van der Waals surface area contributed by atoms with Crippen LogP contribution >= 0.6 is 0 Å². The smallest absolute Gasteiger partial charge is 0.399 e. The molecule has 0 saturated carbocycles. The Morgan fingerprint density at radius 3 is 2.26 bits per heavy atom. The molecule has 2 aliphatic heterocycles. The summed E-state index contributed by atoms with van der Waals surface area (Å²) < 4.78 is 24.4. The van der Waals surface area contributed by atoms with E-state index in [4.69, 9.17) is 18.8 Å². The van der Waals surface area contributed by atoms with Gasteiger partial charge in [0.05, 0.1) is 24.4 Å². The fourth-order valence-electron chi connectivity index (χ4n) is 3.69. The number of ether oxygens (including phenoxy) is 2. The van der Waals surface area contributed by atoms with Crippen molar-refractivity contribution in [2.75, 3.05) is 13.2 Å². The van der Waals surface area contributed by atoms with E-state index in [0.29, 0.717) is 13.2 Å². The van der Waals surface area contributed by atoms with Gasteiger partial charge in [-0.2, -0.15) is 0 Å². The van der Waals surface area contributed by atoms with Crippen LogP contribution in [0.3, 0.4) is 0 Å². The van der Waals surface area contributed by atoms with Gasteiger partial charge in [0.2, 0.25) is 0 Å². The maximum atomic E-state index is 6.19. The van der Waals surface area contributed by atoms with Crippen molar-refractivity contribution in [2.45, 2.75) is 63.9 Å². The van der Waals surface area contributed by atoms with E-state index < -0.39 is 5.79 Å². The molecule has 2 heterocycles. The van der Waals surface area contributed by atoms with E-state index in [9.17, 15) is 0 Å². The zero-order chi connectivity index (χ0) is 16.3. The van der Waals surface area contributed by atoms with Gasteiger partial charge in [-0.3, -0.25) is 0 Å². The lowest BCUT2D eigenvalue weighted by Crippen LogP contribution is -2.41. The van der Waals surface area contributed by atoms with Crippen LogP contribution in [0.25, 0.3) is 0 Å². The van der Waals surface area contributed by atoms with Crippen molar-refractivity contribution in [1.82, 2.24) is 0 Å². The van der Waals surface area contributed by atoms with Gasteiger partial charge in [-0.1, -0.05) is 18.2 Å². The maximum absolute atomic E-state index is 6.19. The van der Waals surface area contributed by atoms with Crippen LogP contribution in [0.15, 0.2) is 18.2 Å². The van der Waals surface area contributed by atoms with Gasteiger partial charge in [-0.25, -0.2) is 0 Å². The minimum atomic E-state index is -0.548. The van der Waals surface area contributed by atoms with E-state index in [2.05, 4.69) is 45.9 Å². The molecule has 0 aromatic heterocycles. The molecule has 4 nitrogen and oxygen atoms in total. The lowest BCUT2D eigenvalue weighted by atomic mass is 9.75. The van der Waals surface area contributed by atoms with Crippen molar-refractivity contribution >= 4 is 12.6 Å². The van der Waals surface area contributed by atoms with Gasteiger partial charge >= 0.3 is 7.12 Å². The standard InChI is InChI=1S/C18H25BO4/c1-16(2)17(3,4)23-19(22-16)14-8-7-13-6-5-9-18(15(13)12-14)20-10-11-21-18/h7-8,12H,5-6,9-11H2,1-4H3. The van der Waals surface area contributed by atoms with Gasteiger partial charge in [-0.15, -0.1) is 0 Å². The van der Waals surface area contributed by atoms with Crippen molar-refractivity contribution in [3.05, 3.63) is 29.3 Å². The Kier molecular flexibility index (Phi) is 3.44. The van der Waals surface area contributed by atoms with Gasteiger partial charge in [0.1, 0.15) is 0 Å². The van der Waals surface area contributed by atoms with Gasteiger partial charge in [0.25, 0.3) is 0 Å². The lowest BCUT2D eigenvalue weighted by Gasteiger charge is -2.34. The molecule has 1 spiro atoms. The Labute approximate surface area is 138 Å². The Morgan fingerprint density at radius 2 is 1.61 bits per heavy atom. The molecular formula is C18H25BO4. The summed E-state index contributed by atoms with van der Waals surface area (Å²) in [4.78, 5) is 0. The molecule has 3 aliphatic rings. The molecule has 124 valence electrons. The first-order chi connectivity index (χ1) is 10.8. The molecule has 5 heteroatoms. The van der Waals surface area contributed by atoms with E-state index in [0.717, 1.165) is 30.3 Å². The molecule has 0 radical (unpaired) electrons. The monoisotopic (exact) mass is 316 g/mol. The van der Waals surface area contributed by atoms with Crippen molar-refractivity contribution in [1.29, 1.82) is 0 Å². The molecule has 0 unspecified atom stereocenters. The fourth-order valence-corrected chi connectivity index (χ4v) is 3.69. The molecule has 0 bridgehead atoms. The third-order valence-electron chi connectivity index (χ3n) is 5.78. The van der Waals surface area contributed by atoms with Crippen molar-refractivity contribution in [3.8, 4) is 0 Å². The number of aryl methyl sites for hydroxylation is 1. The number of fused-ring (bicyclic) bond motifs is 2. The molecule has 1 aromatic rings. The first kappa shape index (κ1) is 15.6. The average molecular weight is 316 g/mol. The molecule has 0 atom stereocenters. The molecule has 0 N–H and O–H groups in total. The normalized spacial score (nSPS) is 27.4. The van der Waals surface area contributed by atoms with E-state index in [-0.39, 0.29) is 18.3 Å². The zero-order valence-corrected chi connectivity index (χ0v) is 14.5. The van der Waals surface area contributed by atoms with Crippen LogP contribution < -0.4 is 5.46 Å². The number of hydrogen-bond donors (Lipinski definition) is 0. The van der Waals surface area contributed by atoms with Crippen LogP contribution in [0.5, 0.6) is 0 Å². The van der Waals surface area contributed by atoms with Crippen LogP contribution in [0, 0.1) is 0 Å². The third kappa shape index (κ3) is 2.37. The summed E-state index contributed by atoms with van der Waals surface area (Å²) >= 11 is 0. The van der Waals surface area contributed by atoms with Crippen molar-refractivity contribution in [2.24, 2.45) is 0 Å². The van der Waals surface area contributed by atoms with E-state index in [1.807, 2.05) is 0 Å². The number of rotatable bonds is 1. The lowest BCUT2D eigenvalue weighted by molar-refractivity contribution is -0.175. The molecule has 1 aliphatic carbocycles. The molecule has 0 amide bonds. The van der Waals surface area contributed by atoms with Crippen LogP contribution in [0.1, 0.15) is 51.7 Å². The van der Waals surface area contributed by atoms with E-state index in [1.165, 1.54) is 5.56 Å². The highest BCUT2D eigenvalue weighted by Gasteiger charge is 2.52. The predicted molar refractivity (Wildman–Crippen MR) is 88.7 cm³/mol. The van der Waals surface area contributed by atoms with Crippen LogP contribution in [0.4, 0.5) is 0 Å². The van der Waals surface area contributed by atoms with Crippen LogP contribution in [-0.2, 0) is 31.0 Å². The summed E-state index contributed by atoms with van der Waals surface area (Å²) in [6.45, 7) is 9.65. The van der Waals surface area contributed by atoms with Crippen molar-refractivity contribution < 1.29 is 18.8 Å². The van der Waals surface area contributed by atoms with E-state index in [1.54, 1.807) is 0 Å². The van der Waals surface area contributed by atoms with Crippen LogP contribution in [-0.4, -0.2) is 31.5 Å². The number of hydrogen-bond acceptors (Lipinski definition) is 4. The topological polar surface area (TPSA) is 36.9 Å². The molecular weight excluding hydrogens is 291 g/mol. The molecule has 1 aromatic carbocycles. The Morgan fingerprint density at radius 1 is 0.957 bits per heavy atom. The quantitative estimate of drug-likeness (QED) is 0.746. The summed E-state index contributed by atoms with van der Waals surface area (Å²) in [5.74, 6) is -0.548. The minimum Gasteiger partial charge on any atom is -0.399 e. The highest BCUT2D eigenvalue weighted by Crippen LogP contribution is 2.42.